The number of carbonyl (C=O) groups excluding carboxylic acids is 1. The maximum Gasteiger partial charge on any atom is 0.248 e. The molecule has 6 heteroatoms. The summed E-state index contributed by atoms with van der Waals surface area (Å²) in [5.41, 5.74) is 3.52. The van der Waals surface area contributed by atoms with Crippen LogP contribution in [0.1, 0.15) is 18.9 Å². The SMILES string of the molecule is CCNC(=NCC(=O)N1CCc2ccccc21)NC1CCN(c2ccccc2)C1. The molecular formula is C23H29N5O. The van der Waals surface area contributed by atoms with Gasteiger partial charge in [-0.05, 0) is 43.5 Å². The first-order chi connectivity index (χ1) is 14.2. The van der Waals surface area contributed by atoms with Crippen molar-refractivity contribution in [2.75, 3.05) is 42.5 Å². The largest absolute Gasteiger partial charge is 0.369 e. The van der Waals surface area contributed by atoms with Gasteiger partial charge >= 0.3 is 0 Å². The number of rotatable bonds is 5. The zero-order valence-electron chi connectivity index (χ0n) is 17.0. The fourth-order valence-electron chi connectivity index (χ4n) is 4.09. The summed E-state index contributed by atoms with van der Waals surface area (Å²) in [6.45, 7) is 5.65. The van der Waals surface area contributed by atoms with Crippen molar-refractivity contribution in [2.24, 2.45) is 4.99 Å². The molecule has 1 amide bonds. The van der Waals surface area contributed by atoms with Crippen LogP contribution in [0.5, 0.6) is 0 Å². The Morgan fingerprint density at radius 1 is 1.10 bits per heavy atom. The molecule has 152 valence electrons. The lowest BCUT2D eigenvalue weighted by Crippen LogP contribution is -2.45. The van der Waals surface area contributed by atoms with Crippen molar-refractivity contribution in [1.29, 1.82) is 0 Å². The first-order valence-corrected chi connectivity index (χ1v) is 10.5. The molecular weight excluding hydrogens is 362 g/mol. The van der Waals surface area contributed by atoms with Crippen LogP contribution in [-0.4, -0.2) is 50.6 Å². The molecule has 2 aromatic carbocycles. The molecule has 1 atom stereocenters. The number of carbonyl (C=O) groups is 1. The Morgan fingerprint density at radius 3 is 2.72 bits per heavy atom. The molecule has 2 aliphatic rings. The molecule has 2 aliphatic heterocycles. The fourth-order valence-corrected chi connectivity index (χ4v) is 4.09. The number of hydrogen-bond donors (Lipinski definition) is 2. The highest BCUT2D eigenvalue weighted by Crippen LogP contribution is 2.27. The molecule has 0 saturated carbocycles. The quantitative estimate of drug-likeness (QED) is 0.607. The highest BCUT2D eigenvalue weighted by Gasteiger charge is 2.25. The van der Waals surface area contributed by atoms with Crippen LogP contribution < -0.4 is 20.4 Å². The number of nitrogens with one attached hydrogen (secondary N) is 2. The van der Waals surface area contributed by atoms with Gasteiger partial charge in [0.25, 0.3) is 0 Å². The summed E-state index contributed by atoms with van der Waals surface area (Å²) in [6, 6.07) is 18.9. The molecule has 0 spiro atoms. The summed E-state index contributed by atoms with van der Waals surface area (Å²) in [6.07, 6.45) is 1.97. The molecule has 0 radical (unpaired) electrons. The number of benzene rings is 2. The smallest absolute Gasteiger partial charge is 0.248 e. The molecule has 4 rings (SSSR count). The van der Waals surface area contributed by atoms with E-state index in [1.54, 1.807) is 0 Å². The molecule has 1 fully saturated rings. The second-order valence-electron chi connectivity index (χ2n) is 7.53. The number of guanidine groups is 1. The van der Waals surface area contributed by atoms with Gasteiger partial charge in [0, 0.05) is 43.6 Å². The first kappa shape index (κ1) is 19.3. The topological polar surface area (TPSA) is 60.0 Å². The second-order valence-corrected chi connectivity index (χ2v) is 7.53. The van der Waals surface area contributed by atoms with Crippen LogP contribution in [0.25, 0.3) is 0 Å². The molecule has 2 N–H and O–H groups in total. The maximum absolute atomic E-state index is 12.7. The monoisotopic (exact) mass is 391 g/mol. The zero-order chi connectivity index (χ0) is 20.1. The summed E-state index contributed by atoms with van der Waals surface area (Å²) in [7, 11) is 0. The van der Waals surface area contributed by atoms with Crippen LogP contribution in [0, 0.1) is 0 Å². The molecule has 2 aromatic rings. The summed E-state index contributed by atoms with van der Waals surface area (Å²) in [5, 5.41) is 6.79. The average molecular weight is 392 g/mol. The third kappa shape index (κ3) is 4.53. The minimum absolute atomic E-state index is 0.0458. The summed E-state index contributed by atoms with van der Waals surface area (Å²) in [4.78, 5) is 21.6. The lowest BCUT2D eigenvalue weighted by atomic mass is 10.2. The summed E-state index contributed by atoms with van der Waals surface area (Å²) < 4.78 is 0. The number of hydrogen-bond acceptors (Lipinski definition) is 3. The highest BCUT2D eigenvalue weighted by atomic mass is 16.2. The van der Waals surface area contributed by atoms with E-state index >= 15 is 0 Å². The van der Waals surface area contributed by atoms with E-state index in [1.807, 2.05) is 36.1 Å². The minimum atomic E-state index is 0.0458. The number of nitrogens with zero attached hydrogens (tertiary/aromatic N) is 3. The van der Waals surface area contributed by atoms with E-state index in [9.17, 15) is 4.79 Å². The molecule has 1 saturated heterocycles. The van der Waals surface area contributed by atoms with Crippen molar-refractivity contribution in [3.05, 3.63) is 60.2 Å². The van der Waals surface area contributed by atoms with Crippen LogP contribution in [-0.2, 0) is 11.2 Å². The zero-order valence-corrected chi connectivity index (χ0v) is 17.0. The fraction of sp³-hybridized carbons (Fsp3) is 0.391. The van der Waals surface area contributed by atoms with Gasteiger partial charge in [-0.2, -0.15) is 0 Å². The van der Waals surface area contributed by atoms with Gasteiger partial charge in [-0.25, -0.2) is 4.99 Å². The molecule has 2 heterocycles. The van der Waals surface area contributed by atoms with E-state index in [0.717, 1.165) is 44.7 Å². The van der Waals surface area contributed by atoms with E-state index in [4.69, 9.17) is 0 Å². The van der Waals surface area contributed by atoms with Gasteiger partial charge in [0.15, 0.2) is 5.96 Å². The second kappa shape index (κ2) is 8.99. The van der Waals surface area contributed by atoms with Crippen molar-refractivity contribution >= 4 is 23.2 Å². The molecule has 1 unspecified atom stereocenters. The Labute approximate surface area is 172 Å². The average Bonchev–Trinajstić information content (AvgIpc) is 3.40. The van der Waals surface area contributed by atoms with Gasteiger partial charge < -0.3 is 20.4 Å². The third-order valence-corrected chi connectivity index (χ3v) is 5.56. The number of para-hydroxylation sites is 2. The maximum atomic E-state index is 12.7. The Morgan fingerprint density at radius 2 is 1.90 bits per heavy atom. The molecule has 29 heavy (non-hydrogen) atoms. The van der Waals surface area contributed by atoms with Gasteiger partial charge in [-0.3, -0.25) is 4.79 Å². The van der Waals surface area contributed by atoms with E-state index < -0.39 is 0 Å². The van der Waals surface area contributed by atoms with E-state index in [2.05, 4.69) is 50.9 Å². The Bertz CT molecular complexity index is 867. The third-order valence-electron chi connectivity index (χ3n) is 5.56. The van der Waals surface area contributed by atoms with E-state index in [0.29, 0.717) is 12.0 Å². The highest BCUT2D eigenvalue weighted by molar-refractivity contribution is 5.98. The minimum Gasteiger partial charge on any atom is -0.369 e. The predicted octanol–water partition coefficient (Wildman–Crippen LogP) is 2.41. The van der Waals surface area contributed by atoms with Gasteiger partial charge in [0.2, 0.25) is 5.91 Å². The van der Waals surface area contributed by atoms with Gasteiger partial charge in [0.05, 0.1) is 0 Å². The molecule has 0 aliphatic carbocycles. The lowest BCUT2D eigenvalue weighted by molar-refractivity contribution is -0.117. The lowest BCUT2D eigenvalue weighted by Gasteiger charge is -2.21. The van der Waals surface area contributed by atoms with Crippen molar-refractivity contribution < 1.29 is 4.79 Å². The van der Waals surface area contributed by atoms with Crippen molar-refractivity contribution in [2.45, 2.75) is 25.8 Å². The molecule has 0 aromatic heterocycles. The van der Waals surface area contributed by atoms with Crippen molar-refractivity contribution in [1.82, 2.24) is 10.6 Å². The van der Waals surface area contributed by atoms with Gasteiger partial charge in [0.1, 0.15) is 6.54 Å². The van der Waals surface area contributed by atoms with E-state index in [1.165, 1.54) is 11.3 Å². The summed E-state index contributed by atoms with van der Waals surface area (Å²) >= 11 is 0. The standard InChI is InChI=1S/C23H29N5O/c1-2-24-23(26-19-13-14-27(17-19)20-9-4-3-5-10-20)25-16-22(29)28-15-12-18-8-6-7-11-21(18)28/h3-11,19H,2,12-17H2,1H3,(H2,24,25,26). The predicted molar refractivity (Wildman–Crippen MR) is 119 cm³/mol. The number of anilines is 2. The Kier molecular flexibility index (Phi) is 5.98. The van der Waals surface area contributed by atoms with Crippen LogP contribution in [0.3, 0.4) is 0 Å². The Balaban J connectivity index is 1.35. The van der Waals surface area contributed by atoms with Gasteiger partial charge in [-0.1, -0.05) is 36.4 Å². The summed E-state index contributed by atoms with van der Waals surface area (Å²) in [5.74, 6) is 0.762. The molecule has 6 nitrogen and oxygen atoms in total. The van der Waals surface area contributed by atoms with Crippen molar-refractivity contribution in [3.8, 4) is 0 Å². The first-order valence-electron chi connectivity index (χ1n) is 10.5. The van der Waals surface area contributed by atoms with Crippen LogP contribution in [0.2, 0.25) is 0 Å². The van der Waals surface area contributed by atoms with Crippen LogP contribution >= 0.6 is 0 Å². The van der Waals surface area contributed by atoms with Gasteiger partial charge in [-0.15, -0.1) is 0 Å². The van der Waals surface area contributed by atoms with Crippen LogP contribution in [0.15, 0.2) is 59.6 Å². The number of amides is 1. The van der Waals surface area contributed by atoms with Crippen molar-refractivity contribution in [3.63, 3.8) is 0 Å². The normalized spacial score (nSPS) is 18.7. The molecule has 0 bridgehead atoms. The van der Waals surface area contributed by atoms with E-state index in [-0.39, 0.29) is 12.5 Å². The van der Waals surface area contributed by atoms with Crippen LogP contribution in [0.4, 0.5) is 11.4 Å². The number of fused-ring (bicyclic) bond motifs is 1. The number of aliphatic imine (C=N–C) groups is 1. The Hall–Kier alpha value is -3.02.